The van der Waals surface area contributed by atoms with Gasteiger partial charge in [-0.15, -0.1) is 0 Å². The number of nitrogens with zero attached hydrogens (tertiary/aromatic N) is 1. The maximum Gasteiger partial charge on any atom is 0.343 e. The third-order valence-corrected chi connectivity index (χ3v) is 3.42. The van der Waals surface area contributed by atoms with E-state index in [9.17, 15) is 10.1 Å². The van der Waals surface area contributed by atoms with Gasteiger partial charge in [0.1, 0.15) is 5.02 Å². The Morgan fingerprint density at radius 3 is 2.79 bits per heavy atom. The van der Waals surface area contributed by atoms with Crippen LogP contribution < -0.4 is 5.73 Å². The van der Waals surface area contributed by atoms with Crippen LogP contribution in [0.5, 0.6) is 0 Å². The van der Waals surface area contributed by atoms with Gasteiger partial charge in [-0.3, -0.25) is 10.1 Å². The lowest BCUT2D eigenvalue weighted by atomic mass is 10.2. The molecule has 0 fully saturated rings. The van der Waals surface area contributed by atoms with Gasteiger partial charge in [-0.1, -0.05) is 29.0 Å². The van der Waals surface area contributed by atoms with Crippen LogP contribution in [-0.2, 0) is 0 Å². The lowest BCUT2D eigenvalue weighted by Crippen LogP contribution is -1.85. The van der Waals surface area contributed by atoms with Crippen LogP contribution in [-0.4, -0.2) is 4.92 Å². The van der Waals surface area contributed by atoms with Crippen molar-refractivity contribution in [1.82, 2.24) is 0 Å². The number of anilines is 1. The van der Waals surface area contributed by atoms with Gasteiger partial charge in [0.15, 0.2) is 0 Å². The zero-order valence-corrected chi connectivity index (χ0v) is 8.43. The standard InChI is InChI=1S/C8H5ClN2O2S/c9-7-6-4(10)2-1-3-5(6)14-8(7)11(12)13/h1-3H,10H2. The molecule has 0 radical (unpaired) electrons. The molecule has 0 aliphatic carbocycles. The van der Waals surface area contributed by atoms with Crippen molar-refractivity contribution >= 4 is 43.7 Å². The SMILES string of the molecule is Nc1cccc2sc([N+](=O)[O-])c(Cl)c12. The summed E-state index contributed by atoms with van der Waals surface area (Å²) in [6.45, 7) is 0. The molecule has 2 rings (SSSR count). The summed E-state index contributed by atoms with van der Waals surface area (Å²) in [7, 11) is 0. The largest absolute Gasteiger partial charge is 0.398 e. The molecule has 0 unspecified atom stereocenters. The summed E-state index contributed by atoms with van der Waals surface area (Å²) in [5.41, 5.74) is 6.14. The van der Waals surface area contributed by atoms with E-state index in [-0.39, 0.29) is 10.0 Å². The van der Waals surface area contributed by atoms with Crippen LogP contribution in [0.25, 0.3) is 10.1 Å². The maximum absolute atomic E-state index is 10.6. The predicted octanol–water partition coefficient (Wildman–Crippen LogP) is 3.05. The van der Waals surface area contributed by atoms with E-state index in [0.717, 1.165) is 16.0 Å². The number of hydrogen-bond acceptors (Lipinski definition) is 4. The zero-order valence-electron chi connectivity index (χ0n) is 6.86. The fourth-order valence-corrected chi connectivity index (χ4v) is 2.64. The quantitative estimate of drug-likeness (QED) is 0.463. The topological polar surface area (TPSA) is 69.2 Å². The lowest BCUT2D eigenvalue weighted by molar-refractivity contribution is -0.379. The van der Waals surface area contributed by atoms with E-state index in [4.69, 9.17) is 17.3 Å². The number of halogens is 1. The molecular weight excluding hydrogens is 224 g/mol. The van der Waals surface area contributed by atoms with Crippen molar-refractivity contribution in [3.05, 3.63) is 33.3 Å². The highest BCUT2D eigenvalue weighted by Crippen LogP contribution is 2.43. The van der Waals surface area contributed by atoms with E-state index in [0.29, 0.717) is 11.1 Å². The minimum atomic E-state index is -0.494. The Kier molecular flexibility index (Phi) is 2.05. The van der Waals surface area contributed by atoms with Gasteiger partial charge < -0.3 is 5.73 Å². The van der Waals surface area contributed by atoms with Gasteiger partial charge >= 0.3 is 5.00 Å². The summed E-state index contributed by atoms with van der Waals surface area (Å²) in [5.74, 6) is 0. The predicted molar refractivity (Wildman–Crippen MR) is 57.9 cm³/mol. The summed E-state index contributed by atoms with van der Waals surface area (Å²) in [6, 6.07) is 5.17. The average Bonchev–Trinajstić information content (AvgIpc) is 2.45. The molecule has 0 saturated carbocycles. The second-order valence-corrected chi connectivity index (χ2v) is 4.11. The van der Waals surface area contributed by atoms with Crippen molar-refractivity contribution in [3.8, 4) is 0 Å². The molecule has 0 bridgehead atoms. The molecule has 72 valence electrons. The Bertz CT molecular complexity index is 523. The number of fused-ring (bicyclic) bond motifs is 1. The molecule has 2 N–H and O–H groups in total. The van der Waals surface area contributed by atoms with Gasteiger partial charge in [-0.2, -0.15) is 0 Å². The maximum atomic E-state index is 10.6. The molecule has 14 heavy (non-hydrogen) atoms. The summed E-state index contributed by atoms with van der Waals surface area (Å²) in [6.07, 6.45) is 0. The van der Waals surface area contributed by atoms with Crippen molar-refractivity contribution in [2.24, 2.45) is 0 Å². The molecule has 0 saturated heterocycles. The fraction of sp³-hybridized carbons (Fsp3) is 0. The molecule has 0 aliphatic rings. The normalized spacial score (nSPS) is 10.6. The summed E-state index contributed by atoms with van der Waals surface area (Å²) >= 11 is 6.88. The minimum Gasteiger partial charge on any atom is -0.398 e. The molecule has 0 spiro atoms. The highest BCUT2D eigenvalue weighted by molar-refractivity contribution is 7.23. The highest BCUT2D eigenvalue weighted by atomic mass is 35.5. The van der Waals surface area contributed by atoms with E-state index in [1.807, 2.05) is 0 Å². The highest BCUT2D eigenvalue weighted by Gasteiger charge is 2.20. The first-order valence-corrected chi connectivity index (χ1v) is 4.91. The minimum absolute atomic E-state index is 0.0560. The second kappa shape index (κ2) is 3.11. The molecule has 0 amide bonds. The smallest absolute Gasteiger partial charge is 0.343 e. The Morgan fingerprint density at radius 2 is 2.21 bits per heavy atom. The first kappa shape index (κ1) is 9.23. The molecule has 0 aliphatic heterocycles. The van der Waals surface area contributed by atoms with E-state index in [1.54, 1.807) is 18.2 Å². The number of nitrogen functional groups attached to an aromatic ring is 1. The third kappa shape index (κ3) is 1.21. The molecule has 0 atom stereocenters. The monoisotopic (exact) mass is 228 g/mol. The first-order valence-electron chi connectivity index (χ1n) is 3.72. The Labute approximate surface area is 88.0 Å². The molecule has 2 aromatic rings. The van der Waals surface area contributed by atoms with E-state index in [2.05, 4.69) is 0 Å². The zero-order chi connectivity index (χ0) is 10.3. The summed E-state index contributed by atoms with van der Waals surface area (Å²) in [5, 5.41) is 11.2. The van der Waals surface area contributed by atoms with Crippen molar-refractivity contribution < 1.29 is 4.92 Å². The van der Waals surface area contributed by atoms with Gasteiger partial charge in [-0.05, 0) is 12.1 Å². The van der Waals surface area contributed by atoms with Crippen molar-refractivity contribution in [2.45, 2.75) is 0 Å². The Balaban J connectivity index is 2.87. The van der Waals surface area contributed by atoms with Gasteiger partial charge in [-0.25, -0.2) is 0 Å². The van der Waals surface area contributed by atoms with Gasteiger partial charge in [0.2, 0.25) is 0 Å². The first-order chi connectivity index (χ1) is 6.61. The Morgan fingerprint density at radius 1 is 1.50 bits per heavy atom. The molecule has 1 aromatic carbocycles. The van der Waals surface area contributed by atoms with Crippen molar-refractivity contribution in [1.29, 1.82) is 0 Å². The number of benzene rings is 1. The second-order valence-electron chi connectivity index (χ2n) is 2.70. The number of nitro groups is 1. The van der Waals surface area contributed by atoms with Crippen LogP contribution in [0.3, 0.4) is 0 Å². The van der Waals surface area contributed by atoms with Crippen LogP contribution in [0.1, 0.15) is 0 Å². The number of rotatable bonds is 1. The van der Waals surface area contributed by atoms with Crippen molar-refractivity contribution in [3.63, 3.8) is 0 Å². The van der Waals surface area contributed by atoms with Gasteiger partial charge in [0, 0.05) is 15.8 Å². The molecular formula is C8H5ClN2O2S. The van der Waals surface area contributed by atoms with Crippen LogP contribution in [0, 0.1) is 10.1 Å². The van der Waals surface area contributed by atoms with Crippen LogP contribution in [0.4, 0.5) is 10.7 Å². The van der Waals surface area contributed by atoms with Crippen molar-refractivity contribution in [2.75, 3.05) is 5.73 Å². The van der Waals surface area contributed by atoms with Gasteiger partial charge in [0.25, 0.3) is 0 Å². The average molecular weight is 229 g/mol. The molecule has 4 nitrogen and oxygen atoms in total. The van der Waals surface area contributed by atoms with Crippen LogP contribution in [0.15, 0.2) is 18.2 Å². The number of thiophene rings is 1. The molecule has 1 aromatic heterocycles. The molecule has 6 heteroatoms. The summed E-state index contributed by atoms with van der Waals surface area (Å²) < 4.78 is 0.738. The number of nitrogens with two attached hydrogens (primary N) is 1. The third-order valence-electron chi connectivity index (χ3n) is 1.84. The summed E-state index contributed by atoms with van der Waals surface area (Å²) in [4.78, 5) is 10.1. The molecule has 1 heterocycles. The van der Waals surface area contributed by atoms with E-state index in [1.165, 1.54) is 0 Å². The van der Waals surface area contributed by atoms with Crippen LogP contribution >= 0.6 is 22.9 Å². The van der Waals surface area contributed by atoms with Crippen LogP contribution in [0.2, 0.25) is 5.02 Å². The van der Waals surface area contributed by atoms with E-state index < -0.39 is 4.92 Å². The van der Waals surface area contributed by atoms with E-state index >= 15 is 0 Å². The Hall–Kier alpha value is -1.33. The van der Waals surface area contributed by atoms with Gasteiger partial charge in [0.05, 0.1) is 4.92 Å². The lowest BCUT2D eigenvalue weighted by Gasteiger charge is -1.93. The number of hydrogen-bond donors (Lipinski definition) is 1. The fourth-order valence-electron chi connectivity index (χ4n) is 1.24.